The first-order valence-corrected chi connectivity index (χ1v) is 6.32. The molecule has 0 radical (unpaired) electrons. The van der Waals surface area contributed by atoms with Crippen LogP contribution in [0.3, 0.4) is 0 Å². The normalized spacial score (nSPS) is 9.95. The van der Waals surface area contributed by atoms with E-state index in [1.54, 1.807) is 31.2 Å². The van der Waals surface area contributed by atoms with Crippen LogP contribution in [-0.2, 0) is 4.74 Å². The molecule has 2 rings (SSSR count). The fourth-order valence-electron chi connectivity index (χ4n) is 1.70. The monoisotopic (exact) mass is 286 g/mol. The van der Waals surface area contributed by atoms with Crippen molar-refractivity contribution in [1.29, 1.82) is 0 Å². The van der Waals surface area contributed by atoms with Crippen LogP contribution < -0.4 is 10.5 Å². The van der Waals surface area contributed by atoms with E-state index < -0.39 is 11.9 Å². The molecular formula is C15H14N2O4. The van der Waals surface area contributed by atoms with Crippen LogP contribution in [0.4, 0.5) is 0 Å². The van der Waals surface area contributed by atoms with Crippen molar-refractivity contribution >= 4 is 11.9 Å². The molecule has 0 aliphatic heterocycles. The van der Waals surface area contributed by atoms with Crippen molar-refractivity contribution in [1.82, 2.24) is 4.98 Å². The van der Waals surface area contributed by atoms with Crippen molar-refractivity contribution in [3.05, 3.63) is 53.7 Å². The van der Waals surface area contributed by atoms with Gasteiger partial charge in [0.15, 0.2) is 0 Å². The second-order valence-corrected chi connectivity index (χ2v) is 4.04. The van der Waals surface area contributed by atoms with Gasteiger partial charge in [0.2, 0.25) is 5.88 Å². The number of nitrogens with zero attached hydrogens (tertiary/aromatic N) is 1. The van der Waals surface area contributed by atoms with Gasteiger partial charge in [-0.3, -0.25) is 4.79 Å². The number of ether oxygens (including phenoxy) is 2. The zero-order valence-electron chi connectivity index (χ0n) is 11.4. The van der Waals surface area contributed by atoms with Crippen molar-refractivity contribution in [3.63, 3.8) is 0 Å². The van der Waals surface area contributed by atoms with E-state index in [1.165, 1.54) is 18.3 Å². The molecule has 2 aromatic rings. The van der Waals surface area contributed by atoms with Crippen molar-refractivity contribution < 1.29 is 19.1 Å². The lowest BCUT2D eigenvalue weighted by atomic mass is 10.2. The zero-order chi connectivity index (χ0) is 15.2. The average molecular weight is 286 g/mol. The van der Waals surface area contributed by atoms with Gasteiger partial charge in [-0.15, -0.1) is 0 Å². The highest BCUT2D eigenvalue weighted by Crippen LogP contribution is 2.26. The quantitative estimate of drug-likeness (QED) is 0.850. The van der Waals surface area contributed by atoms with Crippen LogP contribution in [0.2, 0.25) is 0 Å². The lowest BCUT2D eigenvalue weighted by molar-refractivity contribution is 0.0522. The minimum atomic E-state index is -0.626. The van der Waals surface area contributed by atoms with Gasteiger partial charge in [0.1, 0.15) is 11.3 Å². The van der Waals surface area contributed by atoms with E-state index in [1.807, 2.05) is 0 Å². The maximum absolute atomic E-state index is 11.8. The summed E-state index contributed by atoms with van der Waals surface area (Å²) in [7, 11) is 0. The van der Waals surface area contributed by atoms with Crippen LogP contribution in [-0.4, -0.2) is 23.5 Å². The van der Waals surface area contributed by atoms with Gasteiger partial charge >= 0.3 is 5.97 Å². The number of primary amides is 1. The average Bonchev–Trinajstić information content (AvgIpc) is 2.48. The van der Waals surface area contributed by atoms with Crippen LogP contribution in [0.1, 0.15) is 27.6 Å². The highest BCUT2D eigenvalue weighted by molar-refractivity contribution is 5.96. The topological polar surface area (TPSA) is 91.5 Å². The van der Waals surface area contributed by atoms with Crippen LogP contribution >= 0.6 is 0 Å². The van der Waals surface area contributed by atoms with E-state index in [-0.39, 0.29) is 29.4 Å². The fraction of sp³-hybridized carbons (Fsp3) is 0.133. The summed E-state index contributed by atoms with van der Waals surface area (Å²) >= 11 is 0. The van der Waals surface area contributed by atoms with Crippen LogP contribution in [0, 0.1) is 0 Å². The Balaban J connectivity index is 2.37. The van der Waals surface area contributed by atoms with Crippen molar-refractivity contribution in [3.8, 4) is 11.6 Å². The lowest BCUT2D eigenvalue weighted by Gasteiger charge is -2.11. The van der Waals surface area contributed by atoms with E-state index in [0.29, 0.717) is 0 Å². The molecule has 0 aliphatic carbocycles. The van der Waals surface area contributed by atoms with E-state index in [9.17, 15) is 9.59 Å². The number of hydrogen-bond donors (Lipinski definition) is 1. The van der Waals surface area contributed by atoms with Gasteiger partial charge < -0.3 is 15.2 Å². The van der Waals surface area contributed by atoms with Crippen molar-refractivity contribution in [2.45, 2.75) is 6.92 Å². The molecule has 1 amide bonds. The summed E-state index contributed by atoms with van der Waals surface area (Å²) in [6, 6.07) is 9.59. The highest BCUT2D eigenvalue weighted by atomic mass is 16.5. The smallest absolute Gasteiger partial charge is 0.343 e. The first-order chi connectivity index (χ1) is 10.1. The lowest BCUT2D eigenvalue weighted by Crippen LogP contribution is -2.13. The number of esters is 1. The molecule has 0 atom stereocenters. The molecule has 21 heavy (non-hydrogen) atoms. The maximum Gasteiger partial charge on any atom is 0.343 e. The minimum Gasteiger partial charge on any atom is -0.462 e. The molecule has 0 fully saturated rings. The number of nitrogens with two attached hydrogens (primary N) is 1. The predicted octanol–water partition coefficient (Wildman–Crippen LogP) is 2.15. The molecule has 0 unspecified atom stereocenters. The highest BCUT2D eigenvalue weighted by Gasteiger charge is 2.17. The van der Waals surface area contributed by atoms with Gasteiger partial charge in [-0.1, -0.05) is 12.1 Å². The van der Waals surface area contributed by atoms with Gasteiger partial charge in [-0.25, -0.2) is 9.78 Å². The molecule has 0 saturated carbocycles. The molecule has 0 bridgehead atoms. The number of amides is 1. The predicted molar refractivity (Wildman–Crippen MR) is 75.2 cm³/mol. The van der Waals surface area contributed by atoms with Crippen LogP contribution in [0.5, 0.6) is 11.6 Å². The molecule has 108 valence electrons. The first-order valence-electron chi connectivity index (χ1n) is 6.32. The van der Waals surface area contributed by atoms with Crippen molar-refractivity contribution in [2.75, 3.05) is 6.61 Å². The van der Waals surface area contributed by atoms with Crippen LogP contribution in [0.15, 0.2) is 42.6 Å². The number of carbonyl (C=O) groups excluding carboxylic acids is 2. The Morgan fingerprint density at radius 1 is 1.14 bits per heavy atom. The summed E-state index contributed by atoms with van der Waals surface area (Å²) in [5, 5.41) is 0. The standard InChI is InChI=1S/C15H14N2O4/c1-2-20-15(19)11-7-5-9-17-14(11)21-12-8-4-3-6-10(12)13(16)18/h3-9H,2H2,1H3,(H2,16,18). The molecule has 1 heterocycles. The summed E-state index contributed by atoms with van der Waals surface area (Å²) in [6.45, 7) is 1.95. The molecule has 0 spiro atoms. The van der Waals surface area contributed by atoms with Crippen molar-refractivity contribution in [2.24, 2.45) is 5.73 Å². The van der Waals surface area contributed by atoms with Gasteiger partial charge in [-0.05, 0) is 31.2 Å². The van der Waals surface area contributed by atoms with E-state index in [2.05, 4.69) is 4.98 Å². The van der Waals surface area contributed by atoms with Gasteiger partial charge in [0.25, 0.3) is 5.91 Å². The SMILES string of the molecule is CCOC(=O)c1cccnc1Oc1ccccc1C(N)=O. The van der Waals surface area contributed by atoms with E-state index in [0.717, 1.165) is 0 Å². The molecule has 0 aliphatic rings. The number of hydrogen-bond acceptors (Lipinski definition) is 5. The Hall–Kier alpha value is -2.89. The molecular weight excluding hydrogens is 272 g/mol. The number of para-hydroxylation sites is 1. The third-order valence-corrected chi connectivity index (χ3v) is 2.63. The Kier molecular flexibility index (Phi) is 4.50. The Labute approximate surface area is 121 Å². The van der Waals surface area contributed by atoms with Gasteiger partial charge in [-0.2, -0.15) is 0 Å². The second kappa shape index (κ2) is 6.51. The van der Waals surface area contributed by atoms with Crippen LogP contribution in [0.25, 0.3) is 0 Å². The summed E-state index contributed by atoms with van der Waals surface area (Å²) < 4.78 is 10.5. The zero-order valence-corrected chi connectivity index (χ0v) is 11.4. The molecule has 0 saturated heterocycles. The minimum absolute atomic E-state index is 0.0599. The Bertz CT molecular complexity index is 670. The second-order valence-electron chi connectivity index (χ2n) is 4.04. The molecule has 6 nitrogen and oxygen atoms in total. The van der Waals surface area contributed by atoms with Gasteiger partial charge in [0.05, 0.1) is 12.2 Å². The number of pyridine rings is 1. The first kappa shape index (κ1) is 14.5. The summed E-state index contributed by atoms with van der Waals surface area (Å²) in [5.41, 5.74) is 5.67. The number of aromatic nitrogens is 1. The number of carbonyl (C=O) groups is 2. The van der Waals surface area contributed by atoms with E-state index >= 15 is 0 Å². The number of rotatable bonds is 5. The summed E-state index contributed by atoms with van der Waals surface area (Å²) in [5.74, 6) is -0.879. The number of benzene rings is 1. The fourth-order valence-corrected chi connectivity index (χ4v) is 1.70. The largest absolute Gasteiger partial charge is 0.462 e. The maximum atomic E-state index is 11.8. The third kappa shape index (κ3) is 3.36. The summed E-state index contributed by atoms with van der Waals surface area (Å²) in [4.78, 5) is 27.2. The van der Waals surface area contributed by atoms with Gasteiger partial charge in [0, 0.05) is 6.20 Å². The Morgan fingerprint density at radius 3 is 2.57 bits per heavy atom. The molecule has 1 aromatic heterocycles. The third-order valence-electron chi connectivity index (χ3n) is 2.63. The molecule has 1 aromatic carbocycles. The molecule has 6 heteroatoms. The molecule has 2 N–H and O–H groups in total. The van der Waals surface area contributed by atoms with E-state index in [4.69, 9.17) is 15.2 Å². The summed E-state index contributed by atoms with van der Waals surface area (Å²) in [6.07, 6.45) is 1.48. The Morgan fingerprint density at radius 2 is 1.86 bits per heavy atom.